The van der Waals surface area contributed by atoms with Crippen molar-refractivity contribution < 1.29 is 13.9 Å². The SMILES string of the molecule is COC(=O)C(C)Nc1cccc(F)c1C. The highest BCUT2D eigenvalue weighted by Crippen LogP contribution is 2.18. The minimum Gasteiger partial charge on any atom is -0.467 e. The number of halogens is 1. The van der Waals surface area contributed by atoms with Crippen LogP contribution in [-0.2, 0) is 9.53 Å². The summed E-state index contributed by atoms with van der Waals surface area (Å²) >= 11 is 0. The minimum absolute atomic E-state index is 0.294. The van der Waals surface area contributed by atoms with Gasteiger partial charge >= 0.3 is 5.97 Å². The predicted octanol–water partition coefficient (Wildman–Crippen LogP) is 2.11. The predicted molar refractivity (Wildman–Crippen MR) is 56.2 cm³/mol. The van der Waals surface area contributed by atoms with Gasteiger partial charge in [-0.3, -0.25) is 0 Å². The van der Waals surface area contributed by atoms with Crippen molar-refractivity contribution in [2.45, 2.75) is 19.9 Å². The van der Waals surface area contributed by atoms with Crippen molar-refractivity contribution in [2.75, 3.05) is 12.4 Å². The van der Waals surface area contributed by atoms with Crippen LogP contribution in [0.1, 0.15) is 12.5 Å². The van der Waals surface area contributed by atoms with Gasteiger partial charge in [-0.25, -0.2) is 9.18 Å². The van der Waals surface area contributed by atoms with Crippen molar-refractivity contribution in [2.24, 2.45) is 0 Å². The van der Waals surface area contributed by atoms with Crippen LogP contribution in [0.5, 0.6) is 0 Å². The number of ether oxygens (including phenoxy) is 1. The van der Waals surface area contributed by atoms with Crippen LogP contribution in [0, 0.1) is 12.7 Å². The van der Waals surface area contributed by atoms with Gasteiger partial charge in [-0.05, 0) is 26.0 Å². The molecule has 0 bridgehead atoms. The number of rotatable bonds is 3. The van der Waals surface area contributed by atoms with E-state index in [1.54, 1.807) is 26.0 Å². The largest absolute Gasteiger partial charge is 0.467 e. The van der Waals surface area contributed by atoms with Crippen molar-refractivity contribution in [1.82, 2.24) is 0 Å². The molecule has 0 spiro atoms. The van der Waals surface area contributed by atoms with Gasteiger partial charge in [-0.1, -0.05) is 6.07 Å². The quantitative estimate of drug-likeness (QED) is 0.778. The highest BCUT2D eigenvalue weighted by Gasteiger charge is 2.14. The van der Waals surface area contributed by atoms with Crippen molar-refractivity contribution >= 4 is 11.7 Å². The third kappa shape index (κ3) is 2.68. The van der Waals surface area contributed by atoms with Crippen LogP contribution in [0.2, 0.25) is 0 Å². The normalized spacial score (nSPS) is 12.0. The second-order valence-corrected chi connectivity index (χ2v) is 3.30. The van der Waals surface area contributed by atoms with Gasteiger partial charge in [0.05, 0.1) is 7.11 Å². The molecule has 0 aliphatic carbocycles. The first-order chi connectivity index (χ1) is 7.06. The Labute approximate surface area is 88.2 Å². The maximum atomic E-state index is 13.2. The number of methoxy groups -OCH3 is 1. The lowest BCUT2D eigenvalue weighted by atomic mass is 10.1. The third-order valence-corrected chi connectivity index (χ3v) is 2.19. The number of hydrogen-bond donors (Lipinski definition) is 1. The van der Waals surface area contributed by atoms with Gasteiger partial charge < -0.3 is 10.1 Å². The van der Waals surface area contributed by atoms with E-state index in [1.165, 1.54) is 13.2 Å². The fourth-order valence-electron chi connectivity index (χ4n) is 1.23. The van der Waals surface area contributed by atoms with Crippen molar-refractivity contribution in [3.63, 3.8) is 0 Å². The first-order valence-corrected chi connectivity index (χ1v) is 4.65. The zero-order valence-electron chi connectivity index (χ0n) is 9.00. The second-order valence-electron chi connectivity index (χ2n) is 3.30. The maximum Gasteiger partial charge on any atom is 0.327 e. The van der Waals surface area contributed by atoms with E-state index >= 15 is 0 Å². The summed E-state index contributed by atoms with van der Waals surface area (Å²) in [5, 5.41) is 2.89. The molecule has 1 unspecified atom stereocenters. The van der Waals surface area contributed by atoms with Crippen LogP contribution in [0.25, 0.3) is 0 Å². The maximum absolute atomic E-state index is 13.2. The lowest BCUT2D eigenvalue weighted by molar-refractivity contribution is -0.141. The van der Waals surface area contributed by atoms with E-state index in [1.807, 2.05) is 0 Å². The number of benzene rings is 1. The zero-order chi connectivity index (χ0) is 11.4. The number of hydrogen-bond acceptors (Lipinski definition) is 3. The molecule has 1 atom stereocenters. The molecule has 0 heterocycles. The zero-order valence-corrected chi connectivity index (χ0v) is 9.00. The first kappa shape index (κ1) is 11.5. The molecule has 4 heteroatoms. The summed E-state index contributed by atoms with van der Waals surface area (Å²) in [6.45, 7) is 3.32. The molecule has 1 aromatic rings. The molecule has 3 nitrogen and oxygen atoms in total. The van der Waals surface area contributed by atoms with Gasteiger partial charge in [0.1, 0.15) is 11.9 Å². The van der Waals surface area contributed by atoms with Crippen LogP contribution in [0.4, 0.5) is 10.1 Å². The molecular formula is C11H14FNO2. The molecule has 0 aliphatic heterocycles. The van der Waals surface area contributed by atoms with E-state index < -0.39 is 6.04 Å². The Morgan fingerprint density at radius 3 is 2.80 bits per heavy atom. The van der Waals surface area contributed by atoms with Crippen molar-refractivity contribution in [3.8, 4) is 0 Å². The Kier molecular flexibility index (Phi) is 3.66. The Balaban J connectivity index is 2.81. The van der Waals surface area contributed by atoms with Crippen LogP contribution >= 0.6 is 0 Å². The highest BCUT2D eigenvalue weighted by molar-refractivity contribution is 5.79. The second kappa shape index (κ2) is 4.77. The summed E-state index contributed by atoms with van der Waals surface area (Å²) in [6, 6.07) is 4.20. The van der Waals surface area contributed by atoms with Gasteiger partial charge in [0.15, 0.2) is 0 Å². The van der Waals surface area contributed by atoms with Crippen molar-refractivity contribution in [1.29, 1.82) is 0 Å². The number of carbonyl (C=O) groups is 1. The van der Waals surface area contributed by atoms with Crippen LogP contribution in [0.15, 0.2) is 18.2 Å². The molecular weight excluding hydrogens is 197 g/mol. The Morgan fingerprint density at radius 2 is 2.20 bits per heavy atom. The van der Waals surface area contributed by atoms with Crippen LogP contribution < -0.4 is 5.32 Å². The summed E-state index contributed by atoms with van der Waals surface area (Å²) < 4.78 is 17.7. The van der Waals surface area contributed by atoms with E-state index in [0.29, 0.717) is 11.3 Å². The number of nitrogens with one attached hydrogen (secondary N) is 1. The topological polar surface area (TPSA) is 38.3 Å². The number of esters is 1. The standard InChI is InChI=1S/C11H14FNO2/c1-7-9(12)5-4-6-10(7)13-8(2)11(14)15-3/h4-6,8,13H,1-3H3. The van der Waals surface area contributed by atoms with Gasteiger partial charge in [-0.2, -0.15) is 0 Å². The fraction of sp³-hybridized carbons (Fsp3) is 0.364. The Morgan fingerprint density at radius 1 is 1.53 bits per heavy atom. The van der Waals surface area contributed by atoms with Gasteiger partial charge in [0, 0.05) is 11.3 Å². The average Bonchev–Trinajstić information content (AvgIpc) is 2.23. The van der Waals surface area contributed by atoms with E-state index in [9.17, 15) is 9.18 Å². The average molecular weight is 211 g/mol. The molecule has 0 radical (unpaired) electrons. The summed E-state index contributed by atoms with van der Waals surface area (Å²) in [4.78, 5) is 11.1. The summed E-state index contributed by atoms with van der Waals surface area (Å²) in [7, 11) is 1.32. The molecule has 15 heavy (non-hydrogen) atoms. The van der Waals surface area contributed by atoms with Gasteiger partial charge in [-0.15, -0.1) is 0 Å². The summed E-state index contributed by atoms with van der Waals surface area (Å²) in [5.74, 6) is -0.671. The van der Waals surface area contributed by atoms with Crippen LogP contribution in [-0.4, -0.2) is 19.1 Å². The van der Waals surface area contributed by atoms with E-state index in [2.05, 4.69) is 10.1 Å². The highest BCUT2D eigenvalue weighted by atomic mass is 19.1. The lowest BCUT2D eigenvalue weighted by Crippen LogP contribution is -2.27. The van der Waals surface area contributed by atoms with E-state index in [0.717, 1.165) is 0 Å². The molecule has 1 aromatic carbocycles. The fourth-order valence-corrected chi connectivity index (χ4v) is 1.23. The molecule has 0 fully saturated rings. The van der Waals surface area contributed by atoms with E-state index in [-0.39, 0.29) is 11.8 Å². The first-order valence-electron chi connectivity index (χ1n) is 4.65. The Hall–Kier alpha value is -1.58. The molecule has 0 amide bonds. The van der Waals surface area contributed by atoms with Crippen molar-refractivity contribution in [3.05, 3.63) is 29.6 Å². The lowest BCUT2D eigenvalue weighted by Gasteiger charge is -2.14. The van der Waals surface area contributed by atoms with Crippen LogP contribution in [0.3, 0.4) is 0 Å². The molecule has 1 rings (SSSR count). The molecule has 0 aliphatic rings. The monoisotopic (exact) mass is 211 g/mol. The third-order valence-electron chi connectivity index (χ3n) is 2.19. The molecule has 0 saturated heterocycles. The smallest absolute Gasteiger partial charge is 0.327 e. The summed E-state index contributed by atoms with van der Waals surface area (Å²) in [5.41, 5.74) is 1.10. The number of anilines is 1. The van der Waals surface area contributed by atoms with E-state index in [4.69, 9.17) is 0 Å². The molecule has 0 saturated carbocycles. The minimum atomic E-state index is -0.490. The molecule has 0 aromatic heterocycles. The Bertz CT molecular complexity index is 366. The molecule has 1 N–H and O–H groups in total. The summed E-state index contributed by atoms with van der Waals surface area (Å²) in [6.07, 6.45) is 0. The number of carbonyl (C=O) groups excluding carboxylic acids is 1. The molecule has 82 valence electrons. The van der Waals surface area contributed by atoms with Gasteiger partial charge in [0.2, 0.25) is 0 Å². The van der Waals surface area contributed by atoms with Gasteiger partial charge in [0.25, 0.3) is 0 Å².